The zero-order chi connectivity index (χ0) is 13.3. The molecule has 0 amide bonds. The van der Waals surface area contributed by atoms with Gasteiger partial charge in [-0.1, -0.05) is 12.3 Å². The molecule has 0 aromatic heterocycles. The van der Waals surface area contributed by atoms with Crippen molar-refractivity contribution < 1.29 is 46.2 Å². The third-order valence-corrected chi connectivity index (χ3v) is 2.75. The summed E-state index contributed by atoms with van der Waals surface area (Å²) < 4.78 is 32.7. The smallest absolute Gasteiger partial charge is 0.122 e. The van der Waals surface area contributed by atoms with Crippen molar-refractivity contribution in [3.63, 3.8) is 0 Å². The van der Waals surface area contributed by atoms with Crippen molar-refractivity contribution in [2.24, 2.45) is 0 Å². The molecule has 0 fully saturated rings. The molecule has 5 heteroatoms. The number of hydrogen-bond acceptors (Lipinski definition) is 2. The zero-order valence-electron chi connectivity index (χ0n) is 10.7. The van der Waals surface area contributed by atoms with Gasteiger partial charge in [-0.15, -0.1) is 6.08 Å². The van der Waals surface area contributed by atoms with E-state index in [1.54, 1.807) is 24.1 Å². The molecule has 1 aromatic carbocycles. The van der Waals surface area contributed by atoms with Gasteiger partial charge in [0.15, 0.2) is 0 Å². The van der Waals surface area contributed by atoms with Crippen molar-refractivity contribution in [3.05, 3.63) is 59.8 Å². The predicted octanol–water partition coefficient (Wildman–Crippen LogP) is 3.13. The van der Waals surface area contributed by atoms with Crippen molar-refractivity contribution in [2.75, 3.05) is 14.2 Å². The second-order valence-corrected chi connectivity index (χ2v) is 3.84. The van der Waals surface area contributed by atoms with Gasteiger partial charge >= 0.3 is 0 Å². The maximum absolute atomic E-state index is 13.9. The van der Waals surface area contributed by atoms with Crippen molar-refractivity contribution >= 4 is 5.70 Å². The average Bonchev–Trinajstić information content (AvgIpc) is 2.33. The van der Waals surface area contributed by atoms with E-state index in [0.717, 1.165) is 12.1 Å². The van der Waals surface area contributed by atoms with E-state index in [-0.39, 0.29) is 44.0 Å². The molecular formula is C14H12F2NOY-. The van der Waals surface area contributed by atoms with Crippen LogP contribution in [0.3, 0.4) is 0 Å². The van der Waals surface area contributed by atoms with Crippen LogP contribution < -0.4 is 4.74 Å². The Hall–Kier alpha value is -0.996. The van der Waals surface area contributed by atoms with E-state index in [0.29, 0.717) is 11.4 Å². The summed E-state index contributed by atoms with van der Waals surface area (Å²) in [6.07, 6.45) is 6.11. The first-order valence-corrected chi connectivity index (χ1v) is 5.30. The molecule has 97 valence electrons. The van der Waals surface area contributed by atoms with E-state index in [4.69, 9.17) is 4.74 Å². The number of ether oxygens (including phenoxy) is 1. The Morgan fingerprint density at radius 1 is 1.26 bits per heavy atom. The molecule has 0 saturated carbocycles. The summed E-state index contributed by atoms with van der Waals surface area (Å²) in [4.78, 5) is 1.58. The Morgan fingerprint density at radius 3 is 2.37 bits per heavy atom. The van der Waals surface area contributed by atoms with Crippen LogP contribution >= 0.6 is 0 Å². The number of allylic oxidation sites excluding steroid dienone is 3. The minimum atomic E-state index is -0.690. The Labute approximate surface area is 136 Å². The van der Waals surface area contributed by atoms with Crippen molar-refractivity contribution in [1.29, 1.82) is 0 Å². The summed E-state index contributed by atoms with van der Waals surface area (Å²) in [6.45, 7) is 3.77. The molecule has 0 bridgehead atoms. The molecule has 1 aliphatic rings. The molecule has 1 heterocycles. The molecule has 0 saturated heterocycles. The molecule has 2 nitrogen and oxygen atoms in total. The van der Waals surface area contributed by atoms with Crippen molar-refractivity contribution in [3.8, 4) is 5.75 Å². The first-order chi connectivity index (χ1) is 8.54. The van der Waals surface area contributed by atoms with Gasteiger partial charge in [-0.05, 0) is 11.3 Å². The number of halogens is 2. The Bertz CT molecular complexity index is 544. The van der Waals surface area contributed by atoms with Crippen LogP contribution in [0.5, 0.6) is 5.75 Å². The van der Waals surface area contributed by atoms with Gasteiger partial charge in [0.05, 0.1) is 18.7 Å². The fourth-order valence-electron chi connectivity index (χ4n) is 1.70. The van der Waals surface area contributed by atoms with Gasteiger partial charge in [-0.25, -0.2) is 8.78 Å². The molecule has 0 unspecified atom stereocenters. The maximum atomic E-state index is 13.9. The average molecular weight is 337 g/mol. The van der Waals surface area contributed by atoms with Crippen LogP contribution in [-0.2, 0) is 32.7 Å². The molecule has 0 aliphatic carbocycles. The number of likely N-dealkylation sites (N-methyl/N-ethyl adjacent to an activating group) is 1. The van der Waals surface area contributed by atoms with Crippen molar-refractivity contribution in [1.82, 2.24) is 4.90 Å². The molecular weight excluding hydrogens is 325 g/mol. The minimum absolute atomic E-state index is 0. The van der Waals surface area contributed by atoms with E-state index in [1.807, 2.05) is 0 Å². The summed E-state index contributed by atoms with van der Waals surface area (Å²) >= 11 is 0. The number of hydrogen-bond donors (Lipinski definition) is 0. The predicted molar refractivity (Wildman–Crippen MR) is 65.6 cm³/mol. The van der Waals surface area contributed by atoms with Gasteiger partial charge in [0.1, 0.15) is 5.75 Å². The molecule has 1 aromatic rings. The Kier molecular flexibility index (Phi) is 5.44. The number of methoxy groups -OCH3 is 1. The van der Waals surface area contributed by atoms with E-state index in [2.05, 4.69) is 12.7 Å². The zero-order valence-corrected chi connectivity index (χ0v) is 13.5. The Balaban J connectivity index is 0.00000180. The van der Waals surface area contributed by atoms with E-state index in [1.165, 1.54) is 7.11 Å². The minimum Gasteiger partial charge on any atom is -0.497 e. The fraction of sp³-hybridized carbons (Fsp3) is 0.143. The first kappa shape index (κ1) is 16.1. The van der Waals surface area contributed by atoms with Gasteiger partial charge in [0.25, 0.3) is 0 Å². The summed E-state index contributed by atoms with van der Waals surface area (Å²) in [7, 11) is 3.04. The number of rotatable bonds is 2. The normalized spacial score (nSPS) is 14.0. The Morgan fingerprint density at radius 2 is 1.84 bits per heavy atom. The molecule has 2 rings (SSSR count). The van der Waals surface area contributed by atoms with Crippen LogP contribution in [0.15, 0.2) is 36.6 Å². The second-order valence-electron chi connectivity index (χ2n) is 3.84. The van der Waals surface area contributed by atoms with Crippen LogP contribution in [-0.4, -0.2) is 19.1 Å². The van der Waals surface area contributed by atoms with E-state index < -0.39 is 11.6 Å². The molecule has 0 spiro atoms. The molecule has 1 radical (unpaired) electrons. The fourth-order valence-corrected chi connectivity index (χ4v) is 1.70. The van der Waals surface area contributed by atoms with Crippen LogP contribution in [0.25, 0.3) is 5.70 Å². The van der Waals surface area contributed by atoms with E-state index in [9.17, 15) is 8.78 Å². The molecule has 19 heavy (non-hydrogen) atoms. The molecule has 0 N–H and O–H groups in total. The summed E-state index contributed by atoms with van der Waals surface area (Å²) in [5.41, 5.74) is 0.808. The van der Waals surface area contributed by atoms with Gasteiger partial charge in [0, 0.05) is 51.9 Å². The SMILES string of the molecule is C=C1C=C[C-]=C(c2c(F)cc(OC)cc2F)N1C.[Y]. The largest absolute Gasteiger partial charge is 0.497 e. The van der Waals surface area contributed by atoms with Gasteiger partial charge in [0.2, 0.25) is 0 Å². The standard InChI is InChI=1S/C14H12F2NO.Y/c1-9-5-4-6-13(17(9)2)14-11(15)7-10(18-3)8-12(14)16;/h4-5,7-8H,1H2,2-3H3;/q-1;. The third-order valence-electron chi connectivity index (χ3n) is 2.75. The number of nitrogens with zero attached hydrogens (tertiary/aromatic N) is 1. The maximum Gasteiger partial charge on any atom is 0.122 e. The first-order valence-electron chi connectivity index (χ1n) is 5.30. The van der Waals surface area contributed by atoms with Crippen LogP contribution in [0, 0.1) is 17.7 Å². The summed E-state index contributed by atoms with van der Waals surface area (Å²) in [6, 6.07) is 2.28. The summed E-state index contributed by atoms with van der Waals surface area (Å²) in [5, 5.41) is 0. The van der Waals surface area contributed by atoms with Crippen LogP contribution in [0.4, 0.5) is 8.78 Å². The van der Waals surface area contributed by atoms with E-state index >= 15 is 0 Å². The molecule has 0 atom stereocenters. The monoisotopic (exact) mass is 337 g/mol. The van der Waals surface area contributed by atoms with Gasteiger partial charge in [-0.3, -0.25) is 0 Å². The van der Waals surface area contributed by atoms with Crippen molar-refractivity contribution in [2.45, 2.75) is 0 Å². The quantitative estimate of drug-likeness (QED) is 0.769. The second kappa shape index (κ2) is 6.44. The van der Waals surface area contributed by atoms with Gasteiger partial charge in [-0.2, -0.15) is 12.2 Å². The molecule has 1 aliphatic heterocycles. The number of benzene rings is 1. The topological polar surface area (TPSA) is 12.5 Å². The van der Waals surface area contributed by atoms with Crippen LogP contribution in [0.2, 0.25) is 0 Å². The third kappa shape index (κ3) is 3.12. The van der Waals surface area contributed by atoms with Crippen LogP contribution in [0.1, 0.15) is 5.56 Å². The van der Waals surface area contributed by atoms with Gasteiger partial charge < -0.3 is 9.64 Å². The summed E-state index contributed by atoms with van der Waals surface area (Å²) in [5.74, 6) is -1.24.